The topological polar surface area (TPSA) is 27.7 Å². The van der Waals surface area contributed by atoms with Crippen molar-refractivity contribution in [1.29, 1.82) is 0 Å². The first-order chi connectivity index (χ1) is 8.22. The fourth-order valence-electron chi connectivity index (χ4n) is 3.22. The lowest BCUT2D eigenvalue weighted by atomic mass is 9.87. The van der Waals surface area contributed by atoms with Gasteiger partial charge in [0.05, 0.1) is 6.61 Å². The van der Waals surface area contributed by atoms with Crippen molar-refractivity contribution in [3.05, 3.63) is 0 Å². The molecule has 2 fully saturated rings. The van der Waals surface area contributed by atoms with Crippen LogP contribution >= 0.6 is 0 Å². The predicted molar refractivity (Wildman–Crippen MR) is 70.3 cm³/mol. The summed E-state index contributed by atoms with van der Waals surface area (Å²) in [6.45, 7) is 5.41. The van der Waals surface area contributed by atoms with E-state index in [4.69, 9.17) is 4.74 Å². The number of ether oxygens (including phenoxy) is 1. The van der Waals surface area contributed by atoms with Gasteiger partial charge in [-0.2, -0.15) is 0 Å². The van der Waals surface area contributed by atoms with Gasteiger partial charge >= 0.3 is 0 Å². The van der Waals surface area contributed by atoms with Crippen molar-refractivity contribution < 1.29 is 4.74 Å². The summed E-state index contributed by atoms with van der Waals surface area (Å²) >= 11 is 0. The summed E-state index contributed by atoms with van der Waals surface area (Å²) in [4.78, 5) is 4.95. The molecular weight excluding hydrogens is 214 g/mol. The second kappa shape index (κ2) is 6.14. The molecule has 0 aromatic carbocycles. The molecule has 0 aromatic heterocycles. The van der Waals surface area contributed by atoms with Crippen LogP contribution in [0.2, 0.25) is 0 Å². The van der Waals surface area contributed by atoms with Gasteiger partial charge in [-0.15, -0.1) is 0 Å². The van der Waals surface area contributed by atoms with E-state index >= 15 is 0 Å². The molecule has 2 rings (SSSR count). The highest BCUT2D eigenvalue weighted by molar-refractivity contribution is 4.92. The van der Waals surface area contributed by atoms with Gasteiger partial charge in [0.25, 0.3) is 0 Å². The molecule has 4 nitrogen and oxygen atoms in total. The van der Waals surface area contributed by atoms with Crippen LogP contribution in [0.4, 0.5) is 0 Å². The molecule has 2 aliphatic rings. The van der Waals surface area contributed by atoms with Crippen LogP contribution < -0.4 is 5.32 Å². The number of likely N-dealkylation sites (N-methyl/N-ethyl adjacent to an activating group) is 3. The SMILES string of the molecule is CNC(C1CCCOC1)C1CN(C)CCN1C. The predicted octanol–water partition coefficient (Wildman–Crippen LogP) is 0.247. The summed E-state index contributed by atoms with van der Waals surface area (Å²) < 4.78 is 5.65. The second-order valence-corrected chi connectivity index (χ2v) is 5.60. The molecule has 4 heteroatoms. The summed E-state index contributed by atoms with van der Waals surface area (Å²) in [7, 11) is 6.58. The number of hydrogen-bond donors (Lipinski definition) is 1. The van der Waals surface area contributed by atoms with Crippen molar-refractivity contribution in [3.8, 4) is 0 Å². The summed E-state index contributed by atoms with van der Waals surface area (Å²) in [6.07, 6.45) is 2.52. The molecule has 2 aliphatic heterocycles. The molecule has 0 aliphatic carbocycles. The molecule has 2 heterocycles. The minimum atomic E-state index is 0.558. The molecule has 0 bridgehead atoms. The van der Waals surface area contributed by atoms with Gasteiger partial charge in [0.2, 0.25) is 0 Å². The number of piperazine rings is 1. The van der Waals surface area contributed by atoms with Gasteiger partial charge in [-0.25, -0.2) is 0 Å². The van der Waals surface area contributed by atoms with Crippen molar-refractivity contribution >= 4 is 0 Å². The van der Waals surface area contributed by atoms with E-state index in [1.54, 1.807) is 0 Å². The third kappa shape index (κ3) is 3.19. The van der Waals surface area contributed by atoms with Gasteiger partial charge in [0.15, 0.2) is 0 Å². The zero-order valence-corrected chi connectivity index (χ0v) is 11.5. The van der Waals surface area contributed by atoms with E-state index in [9.17, 15) is 0 Å². The van der Waals surface area contributed by atoms with E-state index in [2.05, 4.69) is 36.3 Å². The lowest BCUT2D eigenvalue weighted by molar-refractivity contribution is 0.00661. The van der Waals surface area contributed by atoms with E-state index in [0.29, 0.717) is 18.0 Å². The van der Waals surface area contributed by atoms with Crippen molar-refractivity contribution in [3.63, 3.8) is 0 Å². The Balaban J connectivity index is 1.99. The molecule has 3 atom stereocenters. The molecule has 0 spiro atoms. The molecule has 0 radical (unpaired) electrons. The quantitative estimate of drug-likeness (QED) is 0.766. The van der Waals surface area contributed by atoms with Crippen molar-refractivity contribution in [1.82, 2.24) is 15.1 Å². The molecule has 0 aromatic rings. The molecular formula is C13H27N3O. The summed E-state index contributed by atoms with van der Waals surface area (Å²) in [5.74, 6) is 0.674. The van der Waals surface area contributed by atoms with Gasteiger partial charge in [-0.3, -0.25) is 4.90 Å². The summed E-state index contributed by atoms with van der Waals surface area (Å²) in [5.41, 5.74) is 0. The molecule has 2 saturated heterocycles. The Morgan fingerprint density at radius 1 is 1.29 bits per heavy atom. The van der Waals surface area contributed by atoms with Crippen molar-refractivity contribution in [2.45, 2.75) is 24.9 Å². The van der Waals surface area contributed by atoms with E-state index in [1.165, 1.54) is 32.5 Å². The largest absolute Gasteiger partial charge is 0.381 e. The molecule has 100 valence electrons. The highest BCUT2D eigenvalue weighted by Gasteiger charge is 2.34. The second-order valence-electron chi connectivity index (χ2n) is 5.60. The van der Waals surface area contributed by atoms with Crippen LogP contribution in [-0.4, -0.2) is 75.9 Å². The van der Waals surface area contributed by atoms with Crippen LogP contribution in [0.3, 0.4) is 0 Å². The third-order valence-electron chi connectivity index (χ3n) is 4.35. The highest BCUT2D eigenvalue weighted by atomic mass is 16.5. The molecule has 17 heavy (non-hydrogen) atoms. The lowest BCUT2D eigenvalue weighted by Crippen LogP contribution is -2.61. The Bertz CT molecular complexity index is 231. The normalized spacial score (nSPS) is 34.8. The minimum Gasteiger partial charge on any atom is -0.381 e. The zero-order valence-electron chi connectivity index (χ0n) is 11.5. The smallest absolute Gasteiger partial charge is 0.0509 e. The highest BCUT2D eigenvalue weighted by Crippen LogP contribution is 2.23. The average Bonchev–Trinajstić information content (AvgIpc) is 2.36. The first kappa shape index (κ1) is 13.3. The van der Waals surface area contributed by atoms with Crippen LogP contribution in [0.25, 0.3) is 0 Å². The fraction of sp³-hybridized carbons (Fsp3) is 1.00. The maximum atomic E-state index is 5.65. The van der Waals surface area contributed by atoms with E-state index in [0.717, 1.165) is 13.2 Å². The average molecular weight is 241 g/mol. The first-order valence-corrected chi connectivity index (χ1v) is 6.86. The van der Waals surface area contributed by atoms with Gasteiger partial charge in [-0.1, -0.05) is 0 Å². The summed E-state index contributed by atoms with van der Waals surface area (Å²) in [5, 5.41) is 3.54. The fourth-order valence-corrected chi connectivity index (χ4v) is 3.22. The molecule has 0 saturated carbocycles. The molecule has 1 N–H and O–H groups in total. The maximum Gasteiger partial charge on any atom is 0.0509 e. The Labute approximate surface area is 105 Å². The van der Waals surface area contributed by atoms with Gasteiger partial charge in [0.1, 0.15) is 0 Å². The van der Waals surface area contributed by atoms with Gasteiger partial charge < -0.3 is 15.0 Å². The van der Waals surface area contributed by atoms with E-state index < -0.39 is 0 Å². The van der Waals surface area contributed by atoms with Crippen molar-refractivity contribution in [2.24, 2.45) is 5.92 Å². The van der Waals surface area contributed by atoms with E-state index in [1.807, 2.05) is 0 Å². The molecule has 3 unspecified atom stereocenters. The first-order valence-electron chi connectivity index (χ1n) is 6.86. The zero-order chi connectivity index (χ0) is 12.3. The van der Waals surface area contributed by atoms with Gasteiger partial charge in [0, 0.05) is 38.3 Å². The van der Waals surface area contributed by atoms with Crippen molar-refractivity contribution in [2.75, 3.05) is 54.0 Å². The number of rotatable bonds is 3. The number of nitrogens with zero attached hydrogens (tertiary/aromatic N) is 2. The van der Waals surface area contributed by atoms with Crippen LogP contribution in [0.15, 0.2) is 0 Å². The third-order valence-corrected chi connectivity index (χ3v) is 4.35. The standard InChI is InChI=1S/C13H27N3O/c1-14-13(11-5-4-8-17-10-11)12-9-15(2)6-7-16(12)3/h11-14H,4-10H2,1-3H3. The molecule has 0 amide bonds. The Morgan fingerprint density at radius 2 is 2.12 bits per heavy atom. The minimum absolute atomic E-state index is 0.558. The lowest BCUT2D eigenvalue weighted by Gasteiger charge is -2.45. The van der Waals surface area contributed by atoms with Crippen LogP contribution in [-0.2, 0) is 4.74 Å². The Hall–Kier alpha value is -0.160. The maximum absolute atomic E-state index is 5.65. The number of nitrogens with one attached hydrogen (secondary N) is 1. The van der Waals surface area contributed by atoms with Crippen LogP contribution in [0, 0.1) is 5.92 Å². The van der Waals surface area contributed by atoms with Crippen LogP contribution in [0.1, 0.15) is 12.8 Å². The van der Waals surface area contributed by atoms with Gasteiger partial charge in [-0.05, 0) is 39.9 Å². The monoisotopic (exact) mass is 241 g/mol. The van der Waals surface area contributed by atoms with E-state index in [-0.39, 0.29) is 0 Å². The summed E-state index contributed by atoms with van der Waals surface area (Å²) in [6, 6.07) is 1.17. The number of hydrogen-bond acceptors (Lipinski definition) is 4. The van der Waals surface area contributed by atoms with Crippen LogP contribution in [0.5, 0.6) is 0 Å². The Kier molecular flexibility index (Phi) is 4.79. The Morgan fingerprint density at radius 3 is 2.76 bits per heavy atom.